The van der Waals surface area contributed by atoms with Gasteiger partial charge in [-0.2, -0.15) is 0 Å². The molecule has 6 nitrogen and oxygen atoms in total. The van der Waals surface area contributed by atoms with Crippen molar-refractivity contribution in [2.24, 2.45) is 0 Å². The summed E-state index contributed by atoms with van der Waals surface area (Å²) in [6, 6.07) is 3.36. The average molecular weight is 252 g/mol. The maximum atomic E-state index is 11.8. The van der Waals surface area contributed by atoms with Gasteiger partial charge in [-0.15, -0.1) is 0 Å². The van der Waals surface area contributed by atoms with Crippen LogP contribution in [-0.4, -0.2) is 53.0 Å². The van der Waals surface area contributed by atoms with Crippen LogP contribution in [0.4, 0.5) is 0 Å². The molecule has 1 unspecified atom stereocenters. The van der Waals surface area contributed by atoms with E-state index in [0.29, 0.717) is 19.6 Å². The summed E-state index contributed by atoms with van der Waals surface area (Å²) in [5.74, 6) is -0.167. The van der Waals surface area contributed by atoms with Gasteiger partial charge in [-0.05, 0) is 12.1 Å². The standard InChI is InChI=1S/C12H16N2O4/c1-13-9(5-12(16)17)6-14(8-11(13)15)7-10-3-2-4-18-10/h2-4,9H,5-8H2,1H3,(H,16,17). The highest BCUT2D eigenvalue weighted by Crippen LogP contribution is 2.15. The van der Waals surface area contributed by atoms with E-state index < -0.39 is 5.97 Å². The molecule has 18 heavy (non-hydrogen) atoms. The van der Waals surface area contributed by atoms with Gasteiger partial charge >= 0.3 is 5.97 Å². The summed E-state index contributed by atoms with van der Waals surface area (Å²) in [6.45, 7) is 1.38. The van der Waals surface area contributed by atoms with Crippen LogP contribution in [-0.2, 0) is 16.1 Å². The topological polar surface area (TPSA) is 74.0 Å². The molecule has 1 fully saturated rings. The van der Waals surface area contributed by atoms with Gasteiger partial charge in [-0.1, -0.05) is 0 Å². The van der Waals surface area contributed by atoms with Crippen LogP contribution < -0.4 is 0 Å². The largest absolute Gasteiger partial charge is 0.481 e. The summed E-state index contributed by atoms with van der Waals surface area (Å²) in [6.07, 6.45) is 1.55. The number of carbonyl (C=O) groups is 2. The Morgan fingerprint density at radius 2 is 2.39 bits per heavy atom. The minimum atomic E-state index is -0.889. The number of likely N-dealkylation sites (N-methyl/N-ethyl adjacent to an activating group) is 1. The summed E-state index contributed by atoms with van der Waals surface area (Å²) < 4.78 is 5.23. The van der Waals surface area contributed by atoms with Gasteiger partial charge in [0.2, 0.25) is 5.91 Å². The van der Waals surface area contributed by atoms with E-state index in [2.05, 4.69) is 0 Å². The molecule has 0 aromatic carbocycles. The third-order valence-electron chi connectivity index (χ3n) is 3.14. The first kappa shape index (κ1) is 12.6. The summed E-state index contributed by atoms with van der Waals surface area (Å²) in [5.41, 5.74) is 0. The Hall–Kier alpha value is -1.82. The van der Waals surface area contributed by atoms with E-state index >= 15 is 0 Å². The lowest BCUT2D eigenvalue weighted by Gasteiger charge is -2.38. The molecule has 6 heteroatoms. The molecule has 1 aromatic rings. The number of piperazine rings is 1. The maximum absolute atomic E-state index is 11.8. The molecule has 0 spiro atoms. The van der Waals surface area contributed by atoms with Gasteiger partial charge in [0.25, 0.3) is 0 Å². The molecule has 0 saturated carbocycles. The van der Waals surface area contributed by atoms with Crippen molar-refractivity contribution < 1.29 is 19.1 Å². The lowest BCUT2D eigenvalue weighted by molar-refractivity contribution is -0.144. The van der Waals surface area contributed by atoms with Crippen molar-refractivity contribution in [1.82, 2.24) is 9.80 Å². The van der Waals surface area contributed by atoms with Gasteiger partial charge in [-0.25, -0.2) is 0 Å². The molecule has 1 atom stereocenters. The Labute approximate surface area is 105 Å². The Morgan fingerprint density at radius 3 is 3.00 bits per heavy atom. The van der Waals surface area contributed by atoms with E-state index in [1.54, 1.807) is 19.4 Å². The molecular weight excluding hydrogens is 236 g/mol. The minimum Gasteiger partial charge on any atom is -0.481 e. The molecule has 0 radical (unpaired) electrons. The fourth-order valence-electron chi connectivity index (χ4n) is 2.14. The van der Waals surface area contributed by atoms with Gasteiger partial charge < -0.3 is 14.4 Å². The summed E-state index contributed by atoms with van der Waals surface area (Å²) in [7, 11) is 1.65. The zero-order chi connectivity index (χ0) is 13.1. The number of hydrogen-bond acceptors (Lipinski definition) is 4. The molecule has 1 N–H and O–H groups in total. The highest BCUT2D eigenvalue weighted by Gasteiger charge is 2.31. The fourth-order valence-corrected chi connectivity index (χ4v) is 2.14. The van der Waals surface area contributed by atoms with Gasteiger partial charge in [0.05, 0.1) is 31.8 Å². The van der Waals surface area contributed by atoms with Gasteiger partial charge in [0.1, 0.15) is 5.76 Å². The molecule has 2 rings (SSSR count). The smallest absolute Gasteiger partial charge is 0.305 e. The Bertz CT molecular complexity index is 429. The molecule has 1 amide bonds. The predicted octanol–water partition coefficient (Wildman–Crippen LogP) is 0.397. The molecule has 1 saturated heterocycles. The number of carboxylic acid groups (broad SMARTS) is 1. The van der Waals surface area contributed by atoms with Crippen molar-refractivity contribution >= 4 is 11.9 Å². The van der Waals surface area contributed by atoms with Crippen LogP contribution in [0.15, 0.2) is 22.8 Å². The van der Waals surface area contributed by atoms with Gasteiger partial charge in [0, 0.05) is 13.6 Å². The molecule has 1 aliphatic heterocycles. The number of amides is 1. The maximum Gasteiger partial charge on any atom is 0.305 e. The third-order valence-corrected chi connectivity index (χ3v) is 3.14. The SMILES string of the molecule is CN1C(=O)CN(Cc2ccco2)CC1CC(=O)O. The van der Waals surface area contributed by atoms with Crippen molar-refractivity contribution in [3.63, 3.8) is 0 Å². The predicted molar refractivity (Wildman–Crippen MR) is 62.8 cm³/mol. The first-order chi connectivity index (χ1) is 8.56. The second-order valence-corrected chi connectivity index (χ2v) is 4.51. The molecule has 1 aliphatic rings. The Morgan fingerprint density at radius 1 is 1.61 bits per heavy atom. The van der Waals surface area contributed by atoms with E-state index in [1.807, 2.05) is 11.0 Å². The van der Waals surface area contributed by atoms with E-state index in [9.17, 15) is 9.59 Å². The van der Waals surface area contributed by atoms with Crippen LogP contribution in [0.2, 0.25) is 0 Å². The lowest BCUT2D eigenvalue weighted by atomic mass is 10.1. The summed E-state index contributed by atoms with van der Waals surface area (Å²) in [4.78, 5) is 26.0. The van der Waals surface area contributed by atoms with Crippen LogP contribution >= 0.6 is 0 Å². The lowest BCUT2D eigenvalue weighted by Crippen LogP contribution is -2.54. The van der Waals surface area contributed by atoms with Crippen LogP contribution in [0.25, 0.3) is 0 Å². The van der Waals surface area contributed by atoms with Crippen molar-refractivity contribution in [1.29, 1.82) is 0 Å². The van der Waals surface area contributed by atoms with E-state index in [1.165, 1.54) is 4.90 Å². The van der Waals surface area contributed by atoms with Crippen LogP contribution in [0.1, 0.15) is 12.2 Å². The van der Waals surface area contributed by atoms with Crippen molar-refractivity contribution in [2.45, 2.75) is 19.0 Å². The second kappa shape index (κ2) is 5.22. The zero-order valence-electron chi connectivity index (χ0n) is 10.2. The molecule has 1 aromatic heterocycles. The first-order valence-corrected chi connectivity index (χ1v) is 5.78. The molecule has 2 heterocycles. The normalized spacial score (nSPS) is 21.3. The van der Waals surface area contributed by atoms with E-state index in [0.717, 1.165) is 5.76 Å². The zero-order valence-corrected chi connectivity index (χ0v) is 10.2. The molecular formula is C12H16N2O4. The number of nitrogens with zero attached hydrogens (tertiary/aromatic N) is 2. The molecule has 0 aliphatic carbocycles. The van der Waals surface area contributed by atoms with Gasteiger partial charge in [0.15, 0.2) is 0 Å². The fraction of sp³-hybridized carbons (Fsp3) is 0.500. The van der Waals surface area contributed by atoms with Crippen molar-refractivity contribution in [3.05, 3.63) is 24.2 Å². The van der Waals surface area contributed by atoms with Crippen molar-refractivity contribution in [3.8, 4) is 0 Å². The number of furan rings is 1. The van der Waals surface area contributed by atoms with Crippen molar-refractivity contribution in [2.75, 3.05) is 20.1 Å². The Balaban J connectivity index is 2.01. The third kappa shape index (κ3) is 2.89. The van der Waals surface area contributed by atoms with Crippen LogP contribution in [0, 0.1) is 0 Å². The van der Waals surface area contributed by atoms with Crippen LogP contribution in [0.5, 0.6) is 0 Å². The quantitative estimate of drug-likeness (QED) is 0.839. The summed E-state index contributed by atoms with van der Waals surface area (Å²) in [5, 5.41) is 8.84. The van der Waals surface area contributed by atoms with Crippen LogP contribution in [0.3, 0.4) is 0 Å². The number of aliphatic carboxylic acids is 1. The van der Waals surface area contributed by atoms with E-state index in [4.69, 9.17) is 9.52 Å². The highest BCUT2D eigenvalue weighted by atomic mass is 16.4. The first-order valence-electron chi connectivity index (χ1n) is 5.78. The number of carboxylic acids is 1. The number of carbonyl (C=O) groups excluding carboxylic acids is 1. The second-order valence-electron chi connectivity index (χ2n) is 4.51. The molecule has 0 bridgehead atoms. The monoisotopic (exact) mass is 252 g/mol. The van der Waals surface area contributed by atoms with Gasteiger partial charge in [-0.3, -0.25) is 14.5 Å². The summed E-state index contributed by atoms with van der Waals surface area (Å²) >= 11 is 0. The Kier molecular flexibility index (Phi) is 3.66. The minimum absolute atomic E-state index is 0.0309. The number of rotatable bonds is 4. The number of hydrogen-bond donors (Lipinski definition) is 1. The van der Waals surface area contributed by atoms with E-state index in [-0.39, 0.29) is 18.4 Å². The highest BCUT2D eigenvalue weighted by molar-refractivity contribution is 5.80. The molecule has 98 valence electrons. The average Bonchev–Trinajstić information content (AvgIpc) is 2.77.